The number of rotatable bonds is 4. The number of hydrogen-bond donors (Lipinski definition) is 0. The summed E-state index contributed by atoms with van der Waals surface area (Å²) in [5.41, 5.74) is 1.25. The summed E-state index contributed by atoms with van der Waals surface area (Å²) in [4.78, 5) is 4.55. The van der Waals surface area contributed by atoms with E-state index in [9.17, 15) is 0 Å². The molecule has 104 valence electrons. The minimum atomic E-state index is 0.148. The number of thiazole rings is 1. The van der Waals surface area contributed by atoms with Crippen molar-refractivity contribution in [3.63, 3.8) is 0 Å². The largest absolute Gasteiger partial charge is 0.419 e. The van der Waals surface area contributed by atoms with E-state index in [1.54, 1.807) is 11.3 Å². The van der Waals surface area contributed by atoms with Crippen molar-refractivity contribution in [2.24, 2.45) is 11.3 Å². The fourth-order valence-corrected chi connectivity index (χ4v) is 2.53. The highest BCUT2D eigenvalue weighted by atomic mass is 32.1. The van der Waals surface area contributed by atoms with Gasteiger partial charge in [0.15, 0.2) is 5.01 Å². The molecule has 0 aliphatic carbocycles. The van der Waals surface area contributed by atoms with Crippen molar-refractivity contribution in [3.05, 3.63) is 17.0 Å². The Morgan fingerprint density at radius 1 is 1.26 bits per heavy atom. The van der Waals surface area contributed by atoms with E-state index in [1.165, 1.54) is 0 Å². The van der Waals surface area contributed by atoms with Gasteiger partial charge in [-0.2, -0.15) is 0 Å². The van der Waals surface area contributed by atoms with E-state index < -0.39 is 0 Å². The van der Waals surface area contributed by atoms with Crippen LogP contribution in [0.5, 0.6) is 0 Å². The Kier molecular flexibility index (Phi) is 4.04. The quantitative estimate of drug-likeness (QED) is 0.849. The molecule has 0 spiro atoms. The standard InChI is InChI=1S/C14H21N3OS/c1-9(2)6-10-8-19-13(15-10)12-17-16-11(18-12)7-14(3,4)5/h8-9H,6-7H2,1-5H3. The van der Waals surface area contributed by atoms with Crippen LogP contribution >= 0.6 is 11.3 Å². The van der Waals surface area contributed by atoms with E-state index in [2.05, 4.69) is 55.2 Å². The maximum absolute atomic E-state index is 5.69. The third-order valence-corrected chi connectivity index (χ3v) is 3.38. The lowest BCUT2D eigenvalue weighted by atomic mass is 9.92. The molecule has 2 aromatic rings. The zero-order chi connectivity index (χ0) is 14.0. The average molecular weight is 279 g/mol. The molecule has 0 unspecified atom stereocenters. The van der Waals surface area contributed by atoms with Gasteiger partial charge in [-0.15, -0.1) is 21.5 Å². The molecule has 2 heterocycles. The lowest BCUT2D eigenvalue weighted by Crippen LogP contribution is -2.09. The Hall–Kier alpha value is -1.23. The predicted molar refractivity (Wildman–Crippen MR) is 77.1 cm³/mol. The SMILES string of the molecule is CC(C)Cc1csc(-c2nnc(CC(C)(C)C)o2)n1. The van der Waals surface area contributed by atoms with Crippen molar-refractivity contribution in [3.8, 4) is 10.9 Å². The third kappa shape index (κ3) is 4.13. The summed E-state index contributed by atoms with van der Waals surface area (Å²) < 4.78 is 5.69. The fraction of sp³-hybridized carbons (Fsp3) is 0.643. The molecule has 0 aromatic carbocycles. The molecule has 19 heavy (non-hydrogen) atoms. The van der Waals surface area contributed by atoms with Gasteiger partial charge in [-0.25, -0.2) is 4.98 Å². The van der Waals surface area contributed by atoms with Crippen molar-refractivity contribution in [2.75, 3.05) is 0 Å². The molecule has 0 saturated heterocycles. The first-order valence-electron chi connectivity index (χ1n) is 6.60. The molecule has 0 amide bonds. The van der Waals surface area contributed by atoms with E-state index in [4.69, 9.17) is 4.42 Å². The third-order valence-electron chi connectivity index (χ3n) is 2.50. The van der Waals surface area contributed by atoms with Crippen LogP contribution in [0.3, 0.4) is 0 Å². The van der Waals surface area contributed by atoms with Crippen molar-refractivity contribution in [2.45, 2.75) is 47.5 Å². The maximum atomic E-state index is 5.69. The number of aromatic nitrogens is 3. The molecule has 0 bridgehead atoms. The summed E-state index contributed by atoms with van der Waals surface area (Å²) in [6.45, 7) is 10.8. The zero-order valence-electron chi connectivity index (χ0n) is 12.2. The molecule has 0 aliphatic heterocycles. The average Bonchev–Trinajstić information content (AvgIpc) is 2.83. The molecule has 2 aromatic heterocycles. The number of hydrogen-bond acceptors (Lipinski definition) is 5. The van der Waals surface area contributed by atoms with E-state index in [0.717, 1.165) is 23.5 Å². The molecule has 0 radical (unpaired) electrons. The van der Waals surface area contributed by atoms with Crippen LogP contribution in [0.1, 0.15) is 46.2 Å². The van der Waals surface area contributed by atoms with Gasteiger partial charge < -0.3 is 4.42 Å². The zero-order valence-corrected chi connectivity index (χ0v) is 13.0. The minimum Gasteiger partial charge on any atom is -0.419 e. The highest BCUT2D eigenvalue weighted by Crippen LogP contribution is 2.26. The van der Waals surface area contributed by atoms with Crippen molar-refractivity contribution in [1.29, 1.82) is 0 Å². The van der Waals surface area contributed by atoms with Crippen LogP contribution in [0, 0.1) is 11.3 Å². The predicted octanol–water partition coefficient (Wildman–Crippen LogP) is 3.98. The molecule has 0 fully saturated rings. The van der Waals surface area contributed by atoms with Gasteiger partial charge >= 0.3 is 0 Å². The summed E-state index contributed by atoms with van der Waals surface area (Å²) in [5.74, 6) is 1.83. The summed E-state index contributed by atoms with van der Waals surface area (Å²) in [7, 11) is 0. The summed E-state index contributed by atoms with van der Waals surface area (Å²) >= 11 is 1.57. The van der Waals surface area contributed by atoms with E-state index in [-0.39, 0.29) is 5.41 Å². The van der Waals surface area contributed by atoms with Gasteiger partial charge in [-0.05, 0) is 17.8 Å². The van der Waals surface area contributed by atoms with Crippen LogP contribution in [-0.2, 0) is 12.8 Å². The maximum Gasteiger partial charge on any atom is 0.276 e. The molecule has 2 rings (SSSR count). The van der Waals surface area contributed by atoms with Crippen molar-refractivity contribution < 1.29 is 4.42 Å². The Labute approximate surface area is 118 Å². The lowest BCUT2D eigenvalue weighted by Gasteiger charge is -2.14. The smallest absolute Gasteiger partial charge is 0.276 e. The topological polar surface area (TPSA) is 51.8 Å². The number of nitrogens with zero attached hydrogens (tertiary/aromatic N) is 3. The van der Waals surface area contributed by atoms with Gasteiger partial charge in [0, 0.05) is 11.8 Å². The van der Waals surface area contributed by atoms with Gasteiger partial charge in [0.05, 0.1) is 5.69 Å². The highest BCUT2D eigenvalue weighted by molar-refractivity contribution is 7.13. The normalized spacial score (nSPS) is 12.3. The van der Waals surface area contributed by atoms with E-state index in [1.807, 2.05) is 0 Å². The molecule has 0 N–H and O–H groups in total. The van der Waals surface area contributed by atoms with Crippen LogP contribution in [-0.4, -0.2) is 15.2 Å². The second-order valence-electron chi connectivity index (χ2n) is 6.48. The Bertz CT molecular complexity index is 537. The van der Waals surface area contributed by atoms with E-state index >= 15 is 0 Å². The van der Waals surface area contributed by atoms with E-state index in [0.29, 0.717) is 17.7 Å². The summed E-state index contributed by atoms with van der Waals surface area (Å²) in [6.07, 6.45) is 1.77. The van der Waals surface area contributed by atoms with Crippen LogP contribution in [0.15, 0.2) is 9.80 Å². The Balaban J connectivity index is 2.12. The Morgan fingerprint density at radius 2 is 2.00 bits per heavy atom. The van der Waals surface area contributed by atoms with Gasteiger partial charge in [0.1, 0.15) is 0 Å². The molecule has 0 atom stereocenters. The van der Waals surface area contributed by atoms with Crippen LogP contribution < -0.4 is 0 Å². The van der Waals surface area contributed by atoms with Gasteiger partial charge in [-0.1, -0.05) is 34.6 Å². The minimum absolute atomic E-state index is 0.148. The lowest BCUT2D eigenvalue weighted by molar-refractivity contribution is 0.357. The van der Waals surface area contributed by atoms with Gasteiger partial charge in [-0.3, -0.25) is 0 Å². The molecular formula is C14H21N3OS. The second kappa shape index (κ2) is 5.41. The first-order chi connectivity index (χ1) is 8.83. The highest BCUT2D eigenvalue weighted by Gasteiger charge is 2.18. The molecule has 0 aliphatic rings. The van der Waals surface area contributed by atoms with Crippen LogP contribution in [0.2, 0.25) is 0 Å². The van der Waals surface area contributed by atoms with Gasteiger partial charge in [0.2, 0.25) is 5.89 Å². The molecular weight excluding hydrogens is 258 g/mol. The van der Waals surface area contributed by atoms with Crippen molar-refractivity contribution >= 4 is 11.3 Å². The Morgan fingerprint density at radius 3 is 2.63 bits per heavy atom. The fourth-order valence-electron chi connectivity index (χ4n) is 1.78. The molecule has 0 saturated carbocycles. The first kappa shape index (κ1) is 14.2. The van der Waals surface area contributed by atoms with Crippen LogP contribution in [0.25, 0.3) is 10.9 Å². The summed E-state index contributed by atoms with van der Waals surface area (Å²) in [5, 5.41) is 11.1. The summed E-state index contributed by atoms with van der Waals surface area (Å²) in [6, 6.07) is 0. The molecule has 5 heteroatoms. The molecule has 4 nitrogen and oxygen atoms in total. The van der Waals surface area contributed by atoms with Crippen LogP contribution in [0.4, 0.5) is 0 Å². The monoisotopic (exact) mass is 279 g/mol. The van der Waals surface area contributed by atoms with Gasteiger partial charge in [0.25, 0.3) is 5.89 Å². The second-order valence-corrected chi connectivity index (χ2v) is 7.34. The van der Waals surface area contributed by atoms with Crippen molar-refractivity contribution in [1.82, 2.24) is 15.2 Å². The first-order valence-corrected chi connectivity index (χ1v) is 7.48.